The molecule has 0 fully saturated rings. The molecule has 4 nitrogen and oxygen atoms in total. The van der Waals surface area contributed by atoms with Crippen LogP contribution in [0.15, 0.2) is 30.5 Å². The smallest absolute Gasteiger partial charge is 0.335 e. The molecule has 1 aromatic carbocycles. The van der Waals surface area contributed by atoms with Crippen LogP contribution in [0.3, 0.4) is 0 Å². The summed E-state index contributed by atoms with van der Waals surface area (Å²) in [6.07, 6.45) is 1.62. The number of hydrogen-bond acceptors (Lipinski definition) is 3. The zero-order valence-electron chi connectivity index (χ0n) is 10.6. The van der Waals surface area contributed by atoms with Crippen LogP contribution in [-0.4, -0.2) is 21.7 Å². The Bertz CT molecular complexity index is 600. The Labute approximate surface area is 105 Å². The summed E-state index contributed by atoms with van der Waals surface area (Å²) in [4.78, 5) is 15.1. The third-order valence-corrected chi connectivity index (χ3v) is 2.38. The molecular formula is C14H15NO3. The maximum atomic E-state index is 10.9. The summed E-state index contributed by atoms with van der Waals surface area (Å²) < 4.78 is 5.76. The molecule has 18 heavy (non-hydrogen) atoms. The number of hydrogen-bond donors (Lipinski definition) is 1. The molecule has 1 aromatic heterocycles. The maximum absolute atomic E-state index is 10.9. The molecule has 94 valence electrons. The second-order valence-corrected chi connectivity index (χ2v) is 5.07. The molecule has 0 amide bonds. The van der Waals surface area contributed by atoms with Gasteiger partial charge in [-0.2, -0.15) is 0 Å². The van der Waals surface area contributed by atoms with E-state index in [1.807, 2.05) is 20.8 Å². The van der Waals surface area contributed by atoms with Gasteiger partial charge in [-0.25, -0.2) is 9.78 Å². The molecule has 4 heteroatoms. The number of benzene rings is 1. The fourth-order valence-corrected chi connectivity index (χ4v) is 1.65. The molecule has 2 rings (SSSR count). The molecule has 0 atom stereocenters. The highest BCUT2D eigenvalue weighted by molar-refractivity contribution is 5.95. The minimum atomic E-state index is -0.938. The Morgan fingerprint density at radius 1 is 1.28 bits per heavy atom. The predicted octanol–water partition coefficient (Wildman–Crippen LogP) is 3.11. The molecule has 0 saturated heterocycles. The molecule has 0 spiro atoms. The van der Waals surface area contributed by atoms with Crippen molar-refractivity contribution in [2.75, 3.05) is 0 Å². The number of aromatic nitrogens is 1. The van der Waals surface area contributed by atoms with Gasteiger partial charge in [-0.05, 0) is 50.4 Å². The Balaban J connectivity index is 2.54. The van der Waals surface area contributed by atoms with E-state index in [2.05, 4.69) is 4.98 Å². The highest BCUT2D eigenvalue weighted by atomic mass is 16.5. The minimum absolute atomic E-state index is 0.260. The van der Waals surface area contributed by atoms with Gasteiger partial charge in [-0.1, -0.05) is 0 Å². The lowest BCUT2D eigenvalue weighted by Gasteiger charge is -2.21. The first kappa shape index (κ1) is 12.4. The van der Waals surface area contributed by atoms with Crippen molar-refractivity contribution in [3.63, 3.8) is 0 Å². The molecular weight excluding hydrogens is 230 g/mol. The van der Waals surface area contributed by atoms with Gasteiger partial charge in [0.25, 0.3) is 0 Å². The number of pyridine rings is 1. The fraction of sp³-hybridized carbons (Fsp3) is 0.286. The van der Waals surface area contributed by atoms with Crippen LogP contribution in [0.5, 0.6) is 5.88 Å². The summed E-state index contributed by atoms with van der Waals surface area (Å²) in [5.74, 6) is -0.413. The number of ether oxygens (including phenoxy) is 1. The topological polar surface area (TPSA) is 59.4 Å². The van der Waals surface area contributed by atoms with Gasteiger partial charge in [-0.15, -0.1) is 0 Å². The summed E-state index contributed by atoms with van der Waals surface area (Å²) in [7, 11) is 0. The molecule has 0 saturated carbocycles. The number of fused-ring (bicyclic) bond motifs is 1. The standard InChI is InChI=1S/C14H15NO3/c1-14(2,3)18-12-11-5-4-10(13(16)17)8-9(11)6-7-15-12/h4-8H,1-3H3,(H,16,17). The van der Waals surface area contributed by atoms with Crippen LogP contribution >= 0.6 is 0 Å². The summed E-state index contributed by atoms with van der Waals surface area (Å²) in [5, 5.41) is 10.6. The normalized spacial score (nSPS) is 11.5. The monoisotopic (exact) mass is 245 g/mol. The van der Waals surface area contributed by atoms with E-state index in [9.17, 15) is 4.79 Å². The van der Waals surface area contributed by atoms with Crippen LogP contribution in [0.4, 0.5) is 0 Å². The van der Waals surface area contributed by atoms with Crippen molar-refractivity contribution in [3.05, 3.63) is 36.0 Å². The highest BCUT2D eigenvalue weighted by Crippen LogP contribution is 2.26. The van der Waals surface area contributed by atoms with Gasteiger partial charge >= 0.3 is 5.97 Å². The van der Waals surface area contributed by atoms with Crippen LogP contribution in [0.1, 0.15) is 31.1 Å². The van der Waals surface area contributed by atoms with E-state index >= 15 is 0 Å². The van der Waals surface area contributed by atoms with Gasteiger partial charge < -0.3 is 9.84 Å². The molecule has 1 heterocycles. The van der Waals surface area contributed by atoms with Gasteiger partial charge in [-0.3, -0.25) is 0 Å². The van der Waals surface area contributed by atoms with Gasteiger partial charge in [0.2, 0.25) is 5.88 Å². The Morgan fingerprint density at radius 2 is 2.00 bits per heavy atom. The largest absolute Gasteiger partial charge is 0.478 e. The first-order chi connectivity index (χ1) is 8.37. The molecule has 0 unspecified atom stereocenters. The predicted molar refractivity (Wildman–Crippen MR) is 69.1 cm³/mol. The summed E-state index contributed by atoms with van der Waals surface area (Å²) in [5.41, 5.74) is -0.0809. The first-order valence-electron chi connectivity index (χ1n) is 5.68. The average Bonchev–Trinajstić information content (AvgIpc) is 2.26. The highest BCUT2D eigenvalue weighted by Gasteiger charge is 2.15. The minimum Gasteiger partial charge on any atom is -0.478 e. The number of carboxylic acids is 1. The van der Waals surface area contributed by atoms with E-state index in [0.717, 1.165) is 10.8 Å². The van der Waals surface area contributed by atoms with E-state index in [-0.39, 0.29) is 11.2 Å². The van der Waals surface area contributed by atoms with Crippen LogP contribution in [0.2, 0.25) is 0 Å². The number of nitrogens with zero attached hydrogens (tertiary/aromatic N) is 1. The molecule has 0 bridgehead atoms. The van der Waals surface area contributed by atoms with Crippen molar-refractivity contribution in [2.45, 2.75) is 26.4 Å². The molecule has 0 aliphatic heterocycles. The number of carbonyl (C=O) groups is 1. The lowest BCUT2D eigenvalue weighted by molar-refractivity contribution is 0.0697. The van der Waals surface area contributed by atoms with Crippen molar-refractivity contribution in [1.82, 2.24) is 4.98 Å². The second-order valence-electron chi connectivity index (χ2n) is 5.07. The summed E-state index contributed by atoms with van der Waals surface area (Å²) >= 11 is 0. The lowest BCUT2D eigenvalue weighted by atomic mass is 10.1. The van der Waals surface area contributed by atoms with Crippen molar-refractivity contribution in [3.8, 4) is 5.88 Å². The Hall–Kier alpha value is -2.10. The fourth-order valence-electron chi connectivity index (χ4n) is 1.65. The lowest BCUT2D eigenvalue weighted by Crippen LogP contribution is -2.23. The summed E-state index contributed by atoms with van der Waals surface area (Å²) in [6, 6.07) is 6.68. The third kappa shape index (κ3) is 2.59. The van der Waals surface area contributed by atoms with Crippen molar-refractivity contribution >= 4 is 16.7 Å². The van der Waals surface area contributed by atoms with E-state index in [4.69, 9.17) is 9.84 Å². The van der Waals surface area contributed by atoms with Gasteiger partial charge in [0.05, 0.1) is 5.56 Å². The zero-order valence-corrected chi connectivity index (χ0v) is 10.6. The maximum Gasteiger partial charge on any atom is 0.335 e. The number of carboxylic acid groups (broad SMARTS) is 1. The van der Waals surface area contributed by atoms with Crippen LogP contribution in [-0.2, 0) is 0 Å². The SMILES string of the molecule is CC(C)(C)Oc1nccc2cc(C(=O)O)ccc12. The van der Waals surface area contributed by atoms with E-state index in [1.165, 1.54) is 0 Å². The summed E-state index contributed by atoms with van der Waals surface area (Å²) in [6.45, 7) is 5.83. The molecule has 0 aliphatic rings. The molecule has 2 aromatic rings. The van der Waals surface area contributed by atoms with Gasteiger partial charge in [0, 0.05) is 11.6 Å². The first-order valence-corrected chi connectivity index (χ1v) is 5.68. The van der Waals surface area contributed by atoms with Crippen LogP contribution in [0, 0.1) is 0 Å². The molecule has 0 aliphatic carbocycles. The van der Waals surface area contributed by atoms with Gasteiger partial charge in [0.1, 0.15) is 5.60 Å². The van der Waals surface area contributed by atoms with Gasteiger partial charge in [0.15, 0.2) is 0 Å². The Morgan fingerprint density at radius 3 is 2.61 bits per heavy atom. The van der Waals surface area contributed by atoms with E-state index < -0.39 is 5.97 Å². The zero-order chi connectivity index (χ0) is 13.3. The third-order valence-electron chi connectivity index (χ3n) is 2.38. The second kappa shape index (κ2) is 4.29. The van der Waals surface area contributed by atoms with Crippen molar-refractivity contribution in [2.24, 2.45) is 0 Å². The Kier molecular flexibility index (Phi) is 2.95. The molecule has 1 N–H and O–H groups in total. The average molecular weight is 245 g/mol. The number of rotatable bonds is 2. The van der Waals surface area contributed by atoms with Crippen LogP contribution in [0.25, 0.3) is 10.8 Å². The molecule has 0 radical (unpaired) electrons. The van der Waals surface area contributed by atoms with Crippen LogP contribution < -0.4 is 4.74 Å². The van der Waals surface area contributed by atoms with Crippen molar-refractivity contribution in [1.29, 1.82) is 0 Å². The van der Waals surface area contributed by atoms with E-state index in [1.54, 1.807) is 30.5 Å². The van der Waals surface area contributed by atoms with E-state index in [0.29, 0.717) is 5.88 Å². The quantitative estimate of drug-likeness (QED) is 0.883. The van der Waals surface area contributed by atoms with Crippen molar-refractivity contribution < 1.29 is 14.6 Å². The number of aromatic carboxylic acids is 1.